The SMILES string of the molecule is CC1(C)c2ccccc2-c2ccc(-c3nc(-c4ccccc4)cc(-c4ccc(-n5c6ccccc6c6c(-c7ccc8c(c7)c7c(n8-c8ccccc8)C=CCC7)cccc65)cc4)n3)cc21. The zero-order valence-corrected chi connectivity index (χ0v) is 36.3. The second-order valence-corrected chi connectivity index (χ2v) is 18.1. The first-order valence-corrected chi connectivity index (χ1v) is 22.7. The lowest BCUT2D eigenvalue weighted by molar-refractivity contribution is 0.660. The quantitative estimate of drug-likeness (QED) is 0.167. The van der Waals surface area contributed by atoms with E-state index < -0.39 is 0 Å². The van der Waals surface area contributed by atoms with Gasteiger partial charge in [-0.2, -0.15) is 0 Å². The highest BCUT2D eigenvalue weighted by atomic mass is 15.0. The fourth-order valence-electron chi connectivity index (χ4n) is 10.9. The number of rotatable bonds is 6. The summed E-state index contributed by atoms with van der Waals surface area (Å²) in [6.45, 7) is 4.64. The van der Waals surface area contributed by atoms with Crippen molar-refractivity contribution in [3.8, 4) is 67.5 Å². The lowest BCUT2D eigenvalue weighted by Gasteiger charge is -2.21. The van der Waals surface area contributed by atoms with E-state index in [1.54, 1.807) is 0 Å². The lowest BCUT2D eigenvalue weighted by atomic mass is 9.82. The van der Waals surface area contributed by atoms with Crippen molar-refractivity contribution in [3.05, 3.63) is 223 Å². The van der Waals surface area contributed by atoms with Crippen LogP contribution >= 0.6 is 0 Å². The van der Waals surface area contributed by atoms with Crippen LogP contribution in [0.5, 0.6) is 0 Å². The van der Waals surface area contributed by atoms with Gasteiger partial charge < -0.3 is 9.13 Å². The van der Waals surface area contributed by atoms with Crippen LogP contribution in [0.25, 0.3) is 106 Å². The van der Waals surface area contributed by atoms with Crippen molar-refractivity contribution in [2.24, 2.45) is 0 Å². The molecule has 3 heterocycles. The Bertz CT molecular complexity index is 3720. The number of fused-ring (bicyclic) bond motifs is 9. The lowest BCUT2D eigenvalue weighted by Crippen LogP contribution is -2.15. The van der Waals surface area contributed by atoms with Crippen molar-refractivity contribution >= 4 is 38.8 Å². The highest BCUT2D eigenvalue weighted by Crippen LogP contribution is 2.49. The molecule has 0 N–H and O–H groups in total. The van der Waals surface area contributed by atoms with Gasteiger partial charge in [0.25, 0.3) is 0 Å². The molecule has 0 unspecified atom stereocenters. The third kappa shape index (κ3) is 5.84. The van der Waals surface area contributed by atoms with Crippen molar-refractivity contribution < 1.29 is 0 Å². The van der Waals surface area contributed by atoms with Gasteiger partial charge in [-0.1, -0.05) is 153 Å². The summed E-state index contributed by atoms with van der Waals surface area (Å²) in [7, 11) is 0. The van der Waals surface area contributed by atoms with Gasteiger partial charge in [0.1, 0.15) is 0 Å². The molecule has 3 aromatic heterocycles. The first-order chi connectivity index (χ1) is 32.0. The molecule has 11 aromatic rings. The molecule has 0 spiro atoms. The molecule has 0 radical (unpaired) electrons. The molecule has 4 heteroatoms. The third-order valence-corrected chi connectivity index (χ3v) is 14.0. The molecule has 0 aliphatic heterocycles. The van der Waals surface area contributed by atoms with Crippen LogP contribution in [0.3, 0.4) is 0 Å². The highest BCUT2D eigenvalue weighted by molar-refractivity contribution is 6.16. The number of hydrogen-bond acceptors (Lipinski definition) is 2. The van der Waals surface area contributed by atoms with Gasteiger partial charge in [0, 0.05) is 55.3 Å². The van der Waals surface area contributed by atoms with Gasteiger partial charge in [-0.05, 0) is 119 Å². The number of benzene rings is 8. The zero-order valence-electron chi connectivity index (χ0n) is 36.3. The number of hydrogen-bond donors (Lipinski definition) is 0. The molecule has 308 valence electrons. The molecule has 0 bridgehead atoms. The van der Waals surface area contributed by atoms with E-state index in [4.69, 9.17) is 9.97 Å². The van der Waals surface area contributed by atoms with Crippen molar-refractivity contribution in [3.63, 3.8) is 0 Å². The Morgan fingerprint density at radius 1 is 0.446 bits per heavy atom. The molecule has 0 saturated heterocycles. The second kappa shape index (κ2) is 14.5. The van der Waals surface area contributed by atoms with Crippen LogP contribution in [-0.2, 0) is 11.8 Å². The average Bonchev–Trinajstić information content (AvgIpc) is 3.97. The molecule has 2 aliphatic carbocycles. The number of para-hydroxylation sites is 2. The molecule has 8 aromatic carbocycles. The maximum atomic E-state index is 5.30. The van der Waals surface area contributed by atoms with Gasteiger partial charge in [0.05, 0.1) is 27.9 Å². The molecule has 4 nitrogen and oxygen atoms in total. The van der Waals surface area contributed by atoms with E-state index in [9.17, 15) is 0 Å². The average molecular weight is 833 g/mol. The van der Waals surface area contributed by atoms with Crippen molar-refractivity contribution in [2.45, 2.75) is 32.1 Å². The van der Waals surface area contributed by atoms with E-state index in [0.29, 0.717) is 0 Å². The Balaban J connectivity index is 0.920. The largest absolute Gasteiger partial charge is 0.310 e. The number of aryl methyl sites for hydroxylation is 1. The molecule has 2 aliphatic rings. The van der Waals surface area contributed by atoms with Crippen LogP contribution in [0.4, 0.5) is 0 Å². The maximum absolute atomic E-state index is 5.30. The van der Waals surface area contributed by atoms with Crippen LogP contribution in [0.1, 0.15) is 42.7 Å². The predicted octanol–water partition coefficient (Wildman–Crippen LogP) is 15.5. The van der Waals surface area contributed by atoms with E-state index >= 15 is 0 Å². The molecule has 0 saturated carbocycles. The summed E-state index contributed by atoms with van der Waals surface area (Å²) < 4.78 is 4.85. The summed E-state index contributed by atoms with van der Waals surface area (Å²) in [4.78, 5) is 10.5. The number of aromatic nitrogens is 4. The fraction of sp³-hybridized carbons (Fsp3) is 0.0820. The minimum Gasteiger partial charge on any atom is -0.310 e. The first-order valence-electron chi connectivity index (χ1n) is 22.7. The fourth-order valence-corrected chi connectivity index (χ4v) is 10.9. The second-order valence-electron chi connectivity index (χ2n) is 18.1. The minimum absolute atomic E-state index is 0.120. The van der Waals surface area contributed by atoms with Gasteiger partial charge in [-0.15, -0.1) is 0 Å². The Hall–Kier alpha value is -8.08. The van der Waals surface area contributed by atoms with Crippen LogP contribution in [0.15, 0.2) is 200 Å². The number of allylic oxidation sites excluding steroid dienone is 1. The van der Waals surface area contributed by atoms with Gasteiger partial charge in [-0.25, -0.2) is 9.97 Å². The Morgan fingerprint density at radius 3 is 1.91 bits per heavy atom. The molecule has 0 amide bonds. The monoisotopic (exact) mass is 832 g/mol. The van der Waals surface area contributed by atoms with Crippen LogP contribution in [-0.4, -0.2) is 19.1 Å². The first kappa shape index (κ1) is 37.5. The van der Waals surface area contributed by atoms with Crippen molar-refractivity contribution in [1.82, 2.24) is 19.1 Å². The molecule has 13 rings (SSSR count). The van der Waals surface area contributed by atoms with Crippen LogP contribution in [0.2, 0.25) is 0 Å². The van der Waals surface area contributed by atoms with E-state index in [2.05, 4.69) is 229 Å². The third-order valence-electron chi connectivity index (χ3n) is 14.0. The Labute approximate surface area is 378 Å². The summed E-state index contributed by atoms with van der Waals surface area (Å²) in [5.74, 6) is 0.724. The standard InChI is InChI=1S/C61H44N4/c1-61(2)51-24-12-9-20-46(51)47-34-30-42(37-52(47)61)60-62-53(39-16-5-3-6-17-39)38-54(63-60)40-28-32-44(33-29-40)65-56-26-14-11-22-49(56)59-45(23-15-27-58(59)65)41-31-35-57-50(36-41)48-21-10-13-25-55(48)64(57)43-18-7-4-8-19-43/h3-9,11-20,22-38H,10,21H2,1-2H3. The Kier molecular flexibility index (Phi) is 8.35. The normalized spacial score (nSPS) is 13.6. The van der Waals surface area contributed by atoms with Gasteiger partial charge in [0.15, 0.2) is 5.82 Å². The van der Waals surface area contributed by atoms with E-state index in [-0.39, 0.29) is 5.41 Å². The maximum Gasteiger partial charge on any atom is 0.160 e. The van der Waals surface area contributed by atoms with Crippen molar-refractivity contribution in [2.75, 3.05) is 0 Å². The molecular weight excluding hydrogens is 789 g/mol. The summed E-state index contributed by atoms with van der Waals surface area (Å²) in [6.07, 6.45) is 6.72. The van der Waals surface area contributed by atoms with Gasteiger partial charge >= 0.3 is 0 Å². The molecule has 0 atom stereocenters. The highest BCUT2D eigenvalue weighted by Gasteiger charge is 2.35. The summed E-state index contributed by atoms with van der Waals surface area (Å²) in [5.41, 5.74) is 21.2. The predicted molar refractivity (Wildman–Crippen MR) is 270 cm³/mol. The number of nitrogens with zero attached hydrogens (tertiary/aromatic N) is 4. The van der Waals surface area contributed by atoms with Crippen LogP contribution in [0, 0.1) is 0 Å². The zero-order chi connectivity index (χ0) is 43.2. The molecule has 0 fully saturated rings. The van der Waals surface area contributed by atoms with E-state index in [1.807, 2.05) is 0 Å². The Morgan fingerprint density at radius 2 is 1.08 bits per heavy atom. The van der Waals surface area contributed by atoms with Gasteiger partial charge in [-0.3, -0.25) is 0 Å². The topological polar surface area (TPSA) is 35.6 Å². The van der Waals surface area contributed by atoms with E-state index in [1.165, 1.54) is 83.0 Å². The summed E-state index contributed by atoms with van der Waals surface area (Å²) in [6, 6.07) is 70.5. The van der Waals surface area contributed by atoms with Crippen molar-refractivity contribution in [1.29, 1.82) is 0 Å². The molecular formula is C61H44N4. The molecule has 65 heavy (non-hydrogen) atoms. The summed E-state index contributed by atoms with van der Waals surface area (Å²) in [5, 5.41) is 3.83. The van der Waals surface area contributed by atoms with Crippen LogP contribution < -0.4 is 0 Å². The summed E-state index contributed by atoms with van der Waals surface area (Å²) >= 11 is 0. The minimum atomic E-state index is -0.120. The van der Waals surface area contributed by atoms with E-state index in [0.717, 1.165) is 52.4 Å². The van der Waals surface area contributed by atoms with Gasteiger partial charge in [0.2, 0.25) is 0 Å². The smallest absolute Gasteiger partial charge is 0.160 e.